The van der Waals surface area contributed by atoms with E-state index in [1.807, 2.05) is 35.8 Å². The molecule has 98 valence electrons. The molecule has 0 unspecified atom stereocenters. The second-order valence-electron chi connectivity index (χ2n) is 4.36. The minimum Gasteiger partial charge on any atom is -0.334 e. The molecule has 5 nitrogen and oxygen atoms in total. The van der Waals surface area contributed by atoms with Crippen LogP contribution >= 0.6 is 11.6 Å². The largest absolute Gasteiger partial charge is 0.334 e. The Labute approximate surface area is 115 Å². The molecule has 0 bridgehead atoms. The molecule has 2 aromatic rings. The van der Waals surface area contributed by atoms with E-state index in [2.05, 4.69) is 10.2 Å². The van der Waals surface area contributed by atoms with Crippen molar-refractivity contribution in [2.75, 3.05) is 13.1 Å². The summed E-state index contributed by atoms with van der Waals surface area (Å²) in [4.78, 5) is 13.9. The van der Waals surface area contributed by atoms with Gasteiger partial charge >= 0.3 is 0 Å². The molecule has 2 heterocycles. The van der Waals surface area contributed by atoms with Crippen LogP contribution in [0.2, 0.25) is 5.02 Å². The van der Waals surface area contributed by atoms with Crippen LogP contribution in [0.25, 0.3) is 11.4 Å². The summed E-state index contributed by atoms with van der Waals surface area (Å²) in [6.07, 6.45) is 0. The highest BCUT2D eigenvalue weighted by Crippen LogP contribution is 2.27. The number of benzene rings is 1. The van der Waals surface area contributed by atoms with Gasteiger partial charge in [0.15, 0.2) is 5.82 Å². The van der Waals surface area contributed by atoms with Gasteiger partial charge in [-0.3, -0.25) is 4.79 Å². The third kappa shape index (κ3) is 1.90. The van der Waals surface area contributed by atoms with E-state index in [9.17, 15) is 4.79 Å². The van der Waals surface area contributed by atoms with Gasteiger partial charge in [0.05, 0.1) is 5.02 Å². The number of carbonyl (C=O) groups is 1. The van der Waals surface area contributed by atoms with Gasteiger partial charge in [-0.1, -0.05) is 23.7 Å². The molecule has 0 spiro atoms. The number of hydrogen-bond acceptors (Lipinski definition) is 3. The molecule has 19 heavy (non-hydrogen) atoms. The fourth-order valence-electron chi connectivity index (χ4n) is 2.28. The molecule has 1 aromatic heterocycles. The maximum Gasteiger partial charge on any atom is 0.291 e. The first-order chi connectivity index (χ1) is 9.22. The minimum absolute atomic E-state index is 0.0699. The Kier molecular flexibility index (Phi) is 2.98. The topological polar surface area (TPSA) is 51.0 Å². The lowest BCUT2D eigenvalue weighted by Crippen LogP contribution is -2.40. The number of likely N-dealkylation sites (N-methyl/N-ethyl adjacent to an activating group) is 1. The smallest absolute Gasteiger partial charge is 0.291 e. The van der Waals surface area contributed by atoms with Crippen molar-refractivity contribution in [2.24, 2.45) is 0 Å². The number of fused-ring (bicyclic) bond motifs is 1. The summed E-state index contributed by atoms with van der Waals surface area (Å²) in [5.74, 6) is 0.979. The van der Waals surface area contributed by atoms with E-state index in [4.69, 9.17) is 11.6 Å². The molecular formula is C13H13ClN4O. The summed E-state index contributed by atoms with van der Waals surface area (Å²) in [6, 6.07) is 7.45. The predicted molar refractivity (Wildman–Crippen MR) is 72.0 cm³/mol. The molecule has 1 aromatic carbocycles. The second kappa shape index (κ2) is 4.66. The van der Waals surface area contributed by atoms with E-state index in [-0.39, 0.29) is 5.91 Å². The van der Waals surface area contributed by atoms with E-state index in [0.717, 1.165) is 5.56 Å². The molecule has 0 saturated carbocycles. The maximum absolute atomic E-state index is 12.1. The molecular weight excluding hydrogens is 264 g/mol. The summed E-state index contributed by atoms with van der Waals surface area (Å²) in [5, 5.41) is 8.76. The SMILES string of the molecule is CCN1CCn2c(nnc2-c2ccccc2Cl)C1=O. The number of aromatic nitrogens is 3. The Bertz CT molecular complexity index is 637. The molecule has 1 aliphatic rings. The lowest BCUT2D eigenvalue weighted by molar-refractivity contribution is 0.0707. The maximum atomic E-state index is 12.1. The highest BCUT2D eigenvalue weighted by Gasteiger charge is 2.28. The Hall–Kier alpha value is -1.88. The van der Waals surface area contributed by atoms with Crippen molar-refractivity contribution in [3.05, 3.63) is 35.1 Å². The molecule has 1 amide bonds. The van der Waals surface area contributed by atoms with Crippen LogP contribution in [0, 0.1) is 0 Å². The van der Waals surface area contributed by atoms with Gasteiger partial charge in [0.25, 0.3) is 5.91 Å². The molecule has 3 rings (SSSR count). The zero-order valence-corrected chi connectivity index (χ0v) is 11.3. The zero-order chi connectivity index (χ0) is 13.4. The summed E-state index contributed by atoms with van der Waals surface area (Å²) in [5.41, 5.74) is 0.806. The van der Waals surface area contributed by atoms with Crippen LogP contribution in [0.1, 0.15) is 17.5 Å². The highest BCUT2D eigenvalue weighted by atomic mass is 35.5. The van der Waals surface area contributed by atoms with Crippen LogP contribution in [-0.4, -0.2) is 38.7 Å². The second-order valence-corrected chi connectivity index (χ2v) is 4.77. The Morgan fingerprint density at radius 3 is 2.68 bits per heavy atom. The van der Waals surface area contributed by atoms with Crippen LogP contribution in [0.15, 0.2) is 24.3 Å². The Morgan fingerprint density at radius 1 is 1.21 bits per heavy atom. The van der Waals surface area contributed by atoms with E-state index >= 15 is 0 Å². The monoisotopic (exact) mass is 276 g/mol. The molecule has 0 atom stereocenters. The van der Waals surface area contributed by atoms with Crippen molar-refractivity contribution >= 4 is 17.5 Å². The molecule has 1 aliphatic heterocycles. The van der Waals surface area contributed by atoms with Crippen LogP contribution in [0.3, 0.4) is 0 Å². The van der Waals surface area contributed by atoms with Crippen LogP contribution in [-0.2, 0) is 6.54 Å². The quantitative estimate of drug-likeness (QED) is 0.844. The first kappa shape index (κ1) is 12.2. The number of rotatable bonds is 2. The third-order valence-electron chi connectivity index (χ3n) is 3.32. The van der Waals surface area contributed by atoms with Crippen molar-refractivity contribution in [3.8, 4) is 11.4 Å². The highest BCUT2D eigenvalue weighted by molar-refractivity contribution is 6.33. The van der Waals surface area contributed by atoms with Gasteiger partial charge in [-0.15, -0.1) is 10.2 Å². The van der Waals surface area contributed by atoms with Crippen LogP contribution < -0.4 is 0 Å². The molecule has 0 fully saturated rings. The van der Waals surface area contributed by atoms with Gasteiger partial charge in [0.1, 0.15) is 0 Å². The minimum atomic E-state index is -0.0699. The average molecular weight is 277 g/mol. The summed E-state index contributed by atoms with van der Waals surface area (Å²) in [6.45, 7) is 4.02. The van der Waals surface area contributed by atoms with Crippen molar-refractivity contribution in [1.82, 2.24) is 19.7 Å². The lowest BCUT2D eigenvalue weighted by atomic mass is 10.2. The summed E-state index contributed by atoms with van der Waals surface area (Å²) < 4.78 is 1.84. The van der Waals surface area contributed by atoms with Gasteiger partial charge in [-0.05, 0) is 19.1 Å². The number of amides is 1. The lowest BCUT2D eigenvalue weighted by Gasteiger charge is -2.26. The third-order valence-corrected chi connectivity index (χ3v) is 3.65. The summed E-state index contributed by atoms with van der Waals surface area (Å²) >= 11 is 6.17. The van der Waals surface area contributed by atoms with Crippen molar-refractivity contribution in [2.45, 2.75) is 13.5 Å². The number of halogens is 1. The van der Waals surface area contributed by atoms with Gasteiger partial charge in [-0.2, -0.15) is 0 Å². The fraction of sp³-hybridized carbons (Fsp3) is 0.308. The van der Waals surface area contributed by atoms with E-state index in [1.54, 1.807) is 4.90 Å². The average Bonchev–Trinajstić information content (AvgIpc) is 2.84. The molecule has 0 radical (unpaired) electrons. The molecule has 0 N–H and O–H groups in total. The van der Waals surface area contributed by atoms with Crippen LogP contribution in [0.5, 0.6) is 0 Å². The van der Waals surface area contributed by atoms with E-state index in [1.165, 1.54) is 0 Å². The number of carbonyl (C=O) groups excluding carboxylic acids is 1. The number of nitrogens with zero attached hydrogens (tertiary/aromatic N) is 4. The predicted octanol–water partition coefficient (Wildman–Crippen LogP) is 2.07. The molecule has 0 aliphatic carbocycles. The summed E-state index contributed by atoms with van der Waals surface area (Å²) in [7, 11) is 0. The first-order valence-electron chi connectivity index (χ1n) is 6.19. The fourth-order valence-corrected chi connectivity index (χ4v) is 2.50. The van der Waals surface area contributed by atoms with Crippen molar-refractivity contribution in [3.63, 3.8) is 0 Å². The zero-order valence-electron chi connectivity index (χ0n) is 10.5. The van der Waals surface area contributed by atoms with E-state index < -0.39 is 0 Å². The van der Waals surface area contributed by atoms with Crippen LogP contribution in [0.4, 0.5) is 0 Å². The normalized spacial score (nSPS) is 14.6. The Balaban J connectivity index is 2.09. The van der Waals surface area contributed by atoms with Crippen molar-refractivity contribution < 1.29 is 4.79 Å². The van der Waals surface area contributed by atoms with Gasteiger partial charge in [0.2, 0.25) is 5.82 Å². The standard InChI is InChI=1S/C13H13ClN4O/c1-2-17-7-8-18-11(15-16-12(18)13(17)19)9-5-3-4-6-10(9)14/h3-6H,2,7-8H2,1H3. The van der Waals surface area contributed by atoms with E-state index in [0.29, 0.717) is 36.3 Å². The Morgan fingerprint density at radius 2 is 1.95 bits per heavy atom. The van der Waals surface area contributed by atoms with Gasteiger partial charge in [-0.25, -0.2) is 0 Å². The van der Waals surface area contributed by atoms with Gasteiger partial charge < -0.3 is 9.47 Å². The molecule has 6 heteroatoms. The molecule has 0 saturated heterocycles. The van der Waals surface area contributed by atoms with Crippen molar-refractivity contribution in [1.29, 1.82) is 0 Å². The van der Waals surface area contributed by atoms with Gasteiger partial charge in [0, 0.05) is 25.2 Å². The number of hydrogen-bond donors (Lipinski definition) is 0. The first-order valence-corrected chi connectivity index (χ1v) is 6.57.